The molecule has 0 unspecified atom stereocenters. The molecule has 1 aromatic carbocycles. The van der Waals surface area contributed by atoms with Gasteiger partial charge in [-0.2, -0.15) is 0 Å². The van der Waals surface area contributed by atoms with Crippen molar-refractivity contribution in [2.45, 2.75) is 93.9 Å². The molecular weight excluding hydrogens is 446 g/mol. The number of anilines is 1. The quantitative estimate of drug-likeness (QED) is 0.231. The zero-order valence-electron chi connectivity index (χ0n) is 19.1. The van der Waals surface area contributed by atoms with E-state index in [9.17, 15) is 13.2 Å². The van der Waals surface area contributed by atoms with Crippen LogP contribution in [0.2, 0.25) is 0 Å². The fourth-order valence-electron chi connectivity index (χ4n) is 3.30. The largest absolute Gasteiger partial charge is 0.415 e. The second kappa shape index (κ2) is 14.3. The maximum atomic E-state index is 12.6. The van der Waals surface area contributed by atoms with E-state index in [2.05, 4.69) is 22.4 Å². The molecule has 0 saturated heterocycles. The van der Waals surface area contributed by atoms with Gasteiger partial charge < -0.3 is 9.73 Å². The van der Waals surface area contributed by atoms with Crippen molar-refractivity contribution < 1.29 is 17.6 Å². The molecule has 0 radical (unpaired) electrons. The molecule has 9 heteroatoms. The summed E-state index contributed by atoms with van der Waals surface area (Å²) in [6, 6.07) is 6.02. The second-order valence-corrected chi connectivity index (χ2v) is 11.0. The number of unbranched alkanes of at least 4 members (excludes halogenated alkanes) is 9. The van der Waals surface area contributed by atoms with Crippen LogP contribution in [0.5, 0.6) is 0 Å². The highest BCUT2D eigenvalue weighted by molar-refractivity contribution is 7.99. The molecule has 1 heterocycles. The number of nitrogens with one attached hydrogen (secondary N) is 1. The van der Waals surface area contributed by atoms with E-state index >= 15 is 0 Å². The number of nitrogens with zero attached hydrogens (tertiary/aromatic N) is 2. The van der Waals surface area contributed by atoms with E-state index in [1.165, 1.54) is 88.6 Å². The third kappa shape index (κ3) is 10.2. The van der Waals surface area contributed by atoms with E-state index in [-0.39, 0.29) is 22.4 Å². The molecule has 1 N–H and O–H groups in total. The summed E-state index contributed by atoms with van der Waals surface area (Å²) in [4.78, 5) is 11.2. The number of hydrogen-bond donors (Lipinski definition) is 1. The van der Waals surface area contributed by atoms with Gasteiger partial charge in [0.25, 0.3) is 5.22 Å². The van der Waals surface area contributed by atoms with Crippen LogP contribution in [0.3, 0.4) is 0 Å². The minimum absolute atomic E-state index is 0.0847. The van der Waals surface area contributed by atoms with E-state index < -0.39 is 9.84 Å². The van der Waals surface area contributed by atoms with Gasteiger partial charge in [-0.05, 0) is 30.7 Å². The lowest BCUT2D eigenvalue weighted by molar-refractivity contribution is -0.114. The van der Waals surface area contributed by atoms with Gasteiger partial charge in [-0.25, -0.2) is 8.42 Å². The number of carbonyl (C=O) groups is 1. The standard InChI is InChI=1S/C23H35N3O4S2/c1-3-4-5-6-7-8-9-10-11-12-17-31-23-26-25-22(30-23)18-32(28,29)21-15-13-20(14-16-21)24-19(2)27/h13-16H,3-12,17-18H2,1-2H3,(H,24,27). The predicted molar refractivity (Wildman–Crippen MR) is 129 cm³/mol. The number of benzene rings is 1. The molecule has 0 aliphatic carbocycles. The van der Waals surface area contributed by atoms with Gasteiger partial charge in [0, 0.05) is 18.4 Å². The molecule has 0 atom stereocenters. The zero-order valence-corrected chi connectivity index (χ0v) is 20.8. The lowest BCUT2D eigenvalue weighted by Gasteiger charge is -2.04. The molecule has 1 amide bonds. The summed E-state index contributed by atoms with van der Waals surface area (Å²) in [5, 5.41) is 10.9. The van der Waals surface area contributed by atoms with E-state index in [0.29, 0.717) is 10.9 Å². The molecule has 0 fully saturated rings. The van der Waals surface area contributed by atoms with E-state index in [1.54, 1.807) is 12.1 Å². The van der Waals surface area contributed by atoms with Gasteiger partial charge in [0.05, 0.1) is 4.90 Å². The highest BCUT2D eigenvalue weighted by Gasteiger charge is 2.20. The summed E-state index contributed by atoms with van der Waals surface area (Å²) in [6.45, 7) is 3.64. The zero-order chi connectivity index (χ0) is 23.2. The Hall–Kier alpha value is -1.87. The monoisotopic (exact) mass is 481 g/mol. The fraction of sp³-hybridized carbons (Fsp3) is 0.609. The molecule has 0 bridgehead atoms. The molecule has 0 saturated carbocycles. The normalized spacial score (nSPS) is 11.6. The molecule has 0 aliphatic rings. The summed E-state index contributed by atoms with van der Waals surface area (Å²) in [7, 11) is -3.61. The Morgan fingerprint density at radius 2 is 1.53 bits per heavy atom. The van der Waals surface area contributed by atoms with E-state index in [0.717, 1.165) is 12.2 Å². The molecule has 178 valence electrons. The Balaban J connectivity index is 1.66. The van der Waals surface area contributed by atoms with Crippen LogP contribution < -0.4 is 5.32 Å². The van der Waals surface area contributed by atoms with Crippen LogP contribution in [0.1, 0.15) is 83.9 Å². The first-order valence-corrected chi connectivity index (χ1v) is 14.1. The van der Waals surface area contributed by atoms with Crippen LogP contribution in [0.25, 0.3) is 0 Å². The Labute approximate surface area is 196 Å². The molecule has 2 rings (SSSR count). The minimum atomic E-state index is -3.61. The lowest BCUT2D eigenvalue weighted by atomic mass is 10.1. The van der Waals surface area contributed by atoms with Crippen molar-refractivity contribution in [2.24, 2.45) is 0 Å². The van der Waals surface area contributed by atoms with Gasteiger partial charge in [-0.3, -0.25) is 4.79 Å². The fourth-order valence-corrected chi connectivity index (χ4v) is 5.23. The molecule has 0 aliphatic heterocycles. The van der Waals surface area contributed by atoms with Crippen molar-refractivity contribution in [2.75, 3.05) is 11.1 Å². The lowest BCUT2D eigenvalue weighted by Crippen LogP contribution is -2.07. The molecule has 0 spiro atoms. The SMILES string of the molecule is CCCCCCCCCCCCSc1nnc(CS(=O)(=O)c2ccc(NC(C)=O)cc2)o1. The molecule has 1 aromatic heterocycles. The summed E-state index contributed by atoms with van der Waals surface area (Å²) in [5.41, 5.74) is 0.542. The highest BCUT2D eigenvalue weighted by atomic mass is 32.2. The van der Waals surface area contributed by atoms with Gasteiger partial charge in [-0.15, -0.1) is 10.2 Å². The highest BCUT2D eigenvalue weighted by Crippen LogP contribution is 2.22. The van der Waals surface area contributed by atoms with Crippen molar-refractivity contribution in [1.82, 2.24) is 10.2 Å². The third-order valence-corrected chi connectivity index (χ3v) is 7.54. The summed E-state index contributed by atoms with van der Waals surface area (Å²) in [5.74, 6) is 0.407. The first-order valence-electron chi connectivity index (χ1n) is 11.5. The number of carbonyl (C=O) groups excluding carboxylic acids is 1. The van der Waals surface area contributed by atoms with Crippen LogP contribution in [-0.2, 0) is 20.4 Å². The van der Waals surface area contributed by atoms with Gasteiger partial charge in [-0.1, -0.05) is 76.5 Å². The van der Waals surface area contributed by atoms with Crippen LogP contribution >= 0.6 is 11.8 Å². The summed E-state index contributed by atoms with van der Waals surface area (Å²) >= 11 is 1.47. The van der Waals surface area contributed by atoms with Crippen LogP contribution in [0, 0.1) is 0 Å². The molecule has 32 heavy (non-hydrogen) atoms. The third-order valence-electron chi connectivity index (χ3n) is 5.02. The first-order chi connectivity index (χ1) is 15.4. The second-order valence-electron chi connectivity index (χ2n) is 7.96. The Morgan fingerprint density at radius 3 is 2.12 bits per heavy atom. The van der Waals surface area contributed by atoms with Crippen molar-refractivity contribution in [3.05, 3.63) is 30.2 Å². The van der Waals surface area contributed by atoms with Gasteiger partial charge in [0.15, 0.2) is 9.84 Å². The van der Waals surface area contributed by atoms with Crippen molar-refractivity contribution in [3.8, 4) is 0 Å². The maximum absolute atomic E-state index is 12.6. The Morgan fingerprint density at radius 1 is 0.938 bits per heavy atom. The van der Waals surface area contributed by atoms with Crippen molar-refractivity contribution >= 4 is 33.2 Å². The van der Waals surface area contributed by atoms with Crippen LogP contribution in [-0.4, -0.2) is 30.3 Å². The van der Waals surface area contributed by atoms with Crippen LogP contribution in [0.15, 0.2) is 38.8 Å². The van der Waals surface area contributed by atoms with E-state index in [1.807, 2.05) is 0 Å². The number of hydrogen-bond acceptors (Lipinski definition) is 7. The smallest absolute Gasteiger partial charge is 0.276 e. The average Bonchev–Trinajstić information content (AvgIpc) is 3.18. The van der Waals surface area contributed by atoms with Crippen molar-refractivity contribution in [3.63, 3.8) is 0 Å². The molecular formula is C23H35N3O4S2. The minimum Gasteiger partial charge on any atom is -0.415 e. The Kier molecular flexibility index (Phi) is 11.8. The molecule has 2 aromatic rings. The van der Waals surface area contributed by atoms with Crippen LogP contribution in [0.4, 0.5) is 5.69 Å². The number of rotatable bonds is 16. The first kappa shape index (κ1) is 26.4. The Bertz CT molecular complexity index is 912. The summed E-state index contributed by atoms with van der Waals surface area (Å²) < 4.78 is 30.7. The topological polar surface area (TPSA) is 102 Å². The average molecular weight is 482 g/mol. The predicted octanol–water partition coefficient (Wildman–Crippen LogP) is 6.01. The van der Waals surface area contributed by atoms with Gasteiger partial charge in [0.1, 0.15) is 5.75 Å². The summed E-state index contributed by atoms with van der Waals surface area (Å²) in [6.07, 6.45) is 12.9. The number of aromatic nitrogens is 2. The molecule has 7 nitrogen and oxygen atoms in total. The number of amides is 1. The van der Waals surface area contributed by atoms with Gasteiger partial charge >= 0.3 is 0 Å². The van der Waals surface area contributed by atoms with Gasteiger partial charge in [0.2, 0.25) is 11.8 Å². The number of thioether (sulfide) groups is 1. The van der Waals surface area contributed by atoms with Crippen molar-refractivity contribution in [1.29, 1.82) is 0 Å². The maximum Gasteiger partial charge on any atom is 0.276 e. The number of sulfone groups is 1. The van der Waals surface area contributed by atoms with E-state index in [4.69, 9.17) is 4.42 Å².